The first-order valence-corrected chi connectivity index (χ1v) is 5.29. The number of hydrogen-bond acceptors (Lipinski definition) is 2. The quantitative estimate of drug-likeness (QED) is 0.796. The minimum atomic E-state index is -0.0684. The Morgan fingerprint density at radius 3 is 2.60 bits per heavy atom. The molecule has 0 amide bonds. The number of nitrogens with two attached hydrogens (primary N) is 1. The monoisotopic (exact) mass is 200 g/mol. The Labute approximate surface area is 90.7 Å². The fourth-order valence-corrected chi connectivity index (χ4v) is 2.02. The molecule has 1 fully saturated rings. The van der Waals surface area contributed by atoms with E-state index in [2.05, 4.69) is 26.0 Å². The first-order valence-electron chi connectivity index (χ1n) is 5.29. The van der Waals surface area contributed by atoms with E-state index in [1.807, 2.05) is 18.2 Å². The minimum absolute atomic E-state index is 0.0418. The van der Waals surface area contributed by atoms with E-state index in [9.17, 15) is 0 Å². The average molecular weight is 200 g/mol. The van der Waals surface area contributed by atoms with Crippen molar-refractivity contribution in [2.75, 3.05) is 0 Å². The molecule has 15 heavy (non-hydrogen) atoms. The highest BCUT2D eigenvalue weighted by Gasteiger charge is 2.51. The SMILES string of the molecule is CC(C)(c1cccc(C#N)c1)C1(N)CC1. The summed E-state index contributed by atoms with van der Waals surface area (Å²) in [5, 5.41) is 8.86. The molecule has 1 aromatic carbocycles. The third-order valence-electron chi connectivity index (χ3n) is 3.75. The van der Waals surface area contributed by atoms with Gasteiger partial charge in [-0.25, -0.2) is 0 Å². The van der Waals surface area contributed by atoms with Crippen LogP contribution >= 0.6 is 0 Å². The molecule has 1 aromatic rings. The lowest BCUT2D eigenvalue weighted by Gasteiger charge is -2.32. The maximum Gasteiger partial charge on any atom is 0.0991 e. The molecule has 0 atom stereocenters. The molecule has 1 aliphatic carbocycles. The Balaban J connectivity index is 2.41. The molecule has 0 unspecified atom stereocenters. The molecule has 78 valence electrons. The number of benzene rings is 1. The zero-order valence-electron chi connectivity index (χ0n) is 9.25. The Hall–Kier alpha value is -1.33. The van der Waals surface area contributed by atoms with Crippen molar-refractivity contribution in [2.24, 2.45) is 5.73 Å². The van der Waals surface area contributed by atoms with Crippen molar-refractivity contribution in [3.63, 3.8) is 0 Å². The third kappa shape index (κ3) is 1.53. The summed E-state index contributed by atoms with van der Waals surface area (Å²) >= 11 is 0. The molecule has 0 heterocycles. The number of nitriles is 1. The van der Waals surface area contributed by atoms with Crippen LogP contribution in [0.2, 0.25) is 0 Å². The Kier molecular flexibility index (Phi) is 2.09. The largest absolute Gasteiger partial charge is 0.324 e. The number of nitrogens with zero attached hydrogens (tertiary/aromatic N) is 1. The van der Waals surface area contributed by atoms with Gasteiger partial charge >= 0.3 is 0 Å². The van der Waals surface area contributed by atoms with E-state index in [0.717, 1.165) is 12.8 Å². The van der Waals surface area contributed by atoms with Crippen LogP contribution in [0.25, 0.3) is 0 Å². The van der Waals surface area contributed by atoms with Crippen LogP contribution < -0.4 is 5.73 Å². The van der Waals surface area contributed by atoms with Gasteiger partial charge in [0.2, 0.25) is 0 Å². The van der Waals surface area contributed by atoms with Gasteiger partial charge in [-0.15, -0.1) is 0 Å². The van der Waals surface area contributed by atoms with E-state index in [-0.39, 0.29) is 11.0 Å². The summed E-state index contributed by atoms with van der Waals surface area (Å²) in [6.45, 7) is 4.33. The topological polar surface area (TPSA) is 49.8 Å². The van der Waals surface area contributed by atoms with Crippen LogP contribution in [0.3, 0.4) is 0 Å². The van der Waals surface area contributed by atoms with Crippen LogP contribution in [0.4, 0.5) is 0 Å². The predicted molar refractivity (Wildman–Crippen MR) is 60.3 cm³/mol. The molecule has 0 aliphatic heterocycles. The molecule has 0 aromatic heterocycles. The summed E-state index contributed by atoms with van der Waals surface area (Å²) in [6, 6.07) is 9.95. The normalized spacial score (nSPS) is 18.3. The highest BCUT2D eigenvalue weighted by atomic mass is 14.9. The molecule has 0 radical (unpaired) electrons. The first kappa shape index (κ1) is 10.2. The predicted octanol–water partition coefficient (Wildman–Crippen LogP) is 2.33. The van der Waals surface area contributed by atoms with Gasteiger partial charge < -0.3 is 5.73 Å². The van der Waals surface area contributed by atoms with Crippen LogP contribution in [0.5, 0.6) is 0 Å². The van der Waals surface area contributed by atoms with Crippen LogP contribution in [0.1, 0.15) is 37.8 Å². The van der Waals surface area contributed by atoms with E-state index in [1.54, 1.807) is 0 Å². The number of rotatable bonds is 2. The summed E-state index contributed by atoms with van der Waals surface area (Å²) in [5.41, 5.74) is 8.04. The minimum Gasteiger partial charge on any atom is -0.324 e. The van der Waals surface area contributed by atoms with Gasteiger partial charge in [0, 0.05) is 11.0 Å². The molecule has 2 nitrogen and oxygen atoms in total. The zero-order chi connectivity index (χ0) is 11.1. The first-order chi connectivity index (χ1) is 6.99. The van der Waals surface area contributed by atoms with E-state index in [1.165, 1.54) is 5.56 Å². The van der Waals surface area contributed by atoms with Crippen molar-refractivity contribution in [1.29, 1.82) is 5.26 Å². The van der Waals surface area contributed by atoms with Gasteiger partial charge in [-0.05, 0) is 30.5 Å². The highest BCUT2D eigenvalue weighted by molar-refractivity contribution is 5.39. The van der Waals surface area contributed by atoms with E-state index in [4.69, 9.17) is 11.0 Å². The molecule has 1 saturated carbocycles. The fourth-order valence-electron chi connectivity index (χ4n) is 2.02. The summed E-state index contributed by atoms with van der Waals surface area (Å²) in [5.74, 6) is 0. The van der Waals surface area contributed by atoms with Gasteiger partial charge in [0.25, 0.3) is 0 Å². The number of hydrogen-bond donors (Lipinski definition) is 1. The van der Waals surface area contributed by atoms with Gasteiger partial charge in [0.1, 0.15) is 0 Å². The molecule has 2 N–H and O–H groups in total. The van der Waals surface area contributed by atoms with Crippen LogP contribution in [-0.2, 0) is 5.41 Å². The lowest BCUT2D eigenvalue weighted by Crippen LogP contribution is -2.43. The lowest BCUT2D eigenvalue weighted by atomic mass is 9.75. The second-order valence-corrected chi connectivity index (χ2v) is 4.97. The van der Waals surface area contributed by atoms with Crippen LogP contribution in [0, 0.1) is 11.3 Å². The van der Waals surface area contributed by atoms with Gasteiger partial charge in [-0.1, -0.05) is 26.0 Å². The zero-order valence-corrected chi connectivity index (χ0v) is 9.25. The summed E-state index contributed by atoms with van der Waals surface area (Å²) in [6.07, 6.45) is 2.16. The second kappa shape index (κ2) is 3.08. The van der Waals surface area contributed by atoms with Crippen molar-refractivity contribution in [2.45, 2.75) is 37.6 Å². The Morgan fingerprint density at radius 1 is 1.40 bits per heavy atom. The molecular weight excluding hydrogens is 184 g/mol. The van der Waals surface area contributed by atoms with Crippen LogP contribution in [0.15, 0.2) is 24.3 Å². The van der Waals surface area contributed by atoms with Gasteiger partial charge in [0.15, 0.2) is 0 Å². The Morgan fingerprint density at radius 2 is 2.07 bits per heavy atom. The highest BCUT2D eigenvalue weighted by Crippen LogP contribution is 2.49. The van der Waals surface area contributed by atoms with Gasteiger partial charge in [-0.2, -0.15) is 5.26 Å². The summed E-state index contributed by atoms with van der Waals surface area (Å²) in [4.78, 5) is 0. The third-order valence-corrected chi connectivity index (χ3v) is 3.75. The Bertz CT molecular complexity index is 422. The van der Waals surface area contributed by atoms with Crippen molar-refractivity contribution in [1.82, 2.24) is 0 Å². The average Bonchev–Trinajstić information content (AvgIpc) is 2.98. The maximum absolute atomic E-state index is 8.86. The van der Waals surface area contributed by atoms with E-state index < -0.39 is 0 Å². The van der Waals surface area contributed by atoms with Crippen molar-refractivity contribution >= 4 is 0 Å². The molecule has 1 aliphatic rings. The van der Waals surface area contributed by atoms with Gasteiger partial charge in [0.05, 0.1) is 11.6 Å². The molecule has 0 saturated heterocycles. The molecular formula is C13H16N2. The van der Waals surface area contributed by atoms with Crippen molar-refractivity contribution in [3.05, 3.63) is 35.4 Å². The standard InChI is InChI=1S/C13H16N2/c1-12(2,13(15)6-7-13)11-5-3-4-10(8-11)9-14/h3-5,8H,6-7,15H2,1-2H3. The summed E-state index contributed by atoms with van der Waals surface area (Å²) in [7, 11) is 0. The van der Waals surface area contributed by atoms with Crippen LogP contribution in [-0.4, -0.2) is 5.54 Å². The molecule has 2 heteroatoms. The van der Waals surface area contributed by atoms with E-state index >= 15 is 0 Å². The fraction of sp³-hybridized carbons (Fsp3) is 0.462. The maximum atomic E-state index is 8.86. The molecule has 0 bridgehead atoms. The smallest absolute Gasteiger partial charge is 0.0991 e. The van der Waals surface area contributed by atoms with Gasteiger partial charge in [-0.3, -0.25) is 0 Å². The lowest BCUT2D eigenvalue weighted by molar-refractivity contribution is 0.391. The second-order valence-electron chi connectivity index (χ2n) is 4.97. The summed E-state index contributed by atoms with van der Waals surface area (Å²) < 4.78 is 0. The molecule has 0 spiro atoms. The van der Waals surface area contributed by atoms with Crippen molar-refractivity contribution in [3.8, 4) is 6.07 Å². The van der Waals surface area contributed by atoms with Crippen molar-refractivity contribution < 1.29 is 0 Å². The molecule has 2 rings (SSSR count). The van der Waals surface area contributed by atoms with E-state index in [0.29, 0.717) is 5.56 Å².